The number of carbonyl (C=O) groups excluding carboxylic acids is 1. The highest BCUT2D eigenvalue weighted by Gasteiger charge is 2.24. The van der Waals surface area contributed by atoms with Crippen LogP contribution in [0.3, 0.4) is 0 Å². The number of nitrogens with one attached hydrogen (secondary N) is 1. The Morgan fingerprint density at radius 2 is 2.29 bits per heavy atom. The molecule has 3 N–H and O–H groups in total. The molecule has 0 fully saturated rings. The Morgan fingerprint density at radius 3 is 3.00 bits per heavy atom. The Morgan fingerprint density at radius 1 is 1.59 bits per heavy atom. The first kappa shape index (κ1) is 13.8. The van der Waals surface area contributed by atoms with Crippen LogP contribution in [0.1, 0.15) is 24.9 Å². The number of fused-ring (bicyclic) bond motifs is 1. The third-order valence-electron chi connectivity index (χ3n) is 2.54. The van der Waals surface area contributed by atoms with Gasteiger partial charge in [0.2, 0.25) is 5.91 Å². The number of nitrogens with two attached hydrogens (primary N) is 1. The standard InChI is InChI=1S/C12H16N2O2.ClH/c1-8(13)6-12(15)14-10-7-16-11-5-3-2-4-9(10)11;/h2-5,8,10H,6-7,13H2,1H3,(H,14,15);1H. The van der Waals surface area contributed by atoms with Gasteiger partial charge in [-0.25, -0.2) is 0 Å². The first-order chi connectivity index (χ1) is 7.66. The smallest absolute Gasteiger partial charge is 0.222 e. The number of ether oxygens (including phenoxy) is 1. The number of amides is 1. The molecule has 1 aliphatic rings. The first-order valence-corrected chi connectivity index (χ1v) is 5.43. The van der Waals surface area contributed by atoms with Crippen molar-refractivity contribution in [1.82, 2.24) is 5.32 Å². The maximum Gasteiger partial charge on any atom is 0.222 e. The minimum atomic E-state index is -0.113. The van der Waals surface area contributed by atoms with E-state index in [9.17, 15) is 4.79 Å². The molecule has 0 saturated carbocycles. The molecular weight excluding hydrogens is 240 g/mol. The summed E-state index contributed by atoms with van der Waals surface area (Å²) in [4.78, 5) is 11.6. The van der Waals surface area contributed by atoms with Crippen LogP contribution in [-0.2, 0) is 4.79 Å². The molecular formula is C12H17ClN2O2. The monoisotopic (exact) mass is 256 g/mol. The predicted octanol–water partition coefficient (Wildman–Crippen LogP) is 1.40. The minimum absolute atomic E-state index is 0. The van der Waals surface area contributed by atoms with Crippen molar-refractivity contribution in [1.29, 1.82) is 0 Å². The molecule has 1 aromatic rings. The van der Waals surface area contributed by atoms with Gasteiger partial charge < -0.3 is 15.8 Å². The molecule has 2 rings (SSSR count). The fourth-order valence-corrected chi connectivity index (χ4v) is 1.83. The summed E-state index contributed by atoms with van der Waals surface area (Å²) in [5.41, 5.74) is 6.61. The van der Waals surface area contributed by atoms with Crippen LogP contribution in [0, 0.1) is 0 Å². The molecule has 4 nitrogen and oxygen atoms in total. The van der Waals surface area contributed by atoms with Crippen LogP contribution in [0.5, 0.6) is 5.75 Å². The van der Waals surface area contributed by atoms with E-state index in [1.807, 2.05) is 31.2 Å². The van der Waals surface area contributed by atoms with Crippen molar-refractivity contribution < 1.29 is 9.53 Å². The van der Waals surface area contributed by atoms with E-state index >= 15 is 0 Å². The van der Waals surface area contributed by atoms with Crippen LogP contribution in [0.15, 0.2) is 24.3 Å². The molecule has 1 amide bonds. The lowest BCUT2D eigenvalue weighted by Gasteiger charge is -2.12. The number of halogens is 1. The zero-order valence-corrected chi connectivity index (χ0v) is 10.5. The molecule has 94 valence electrons. The van der Waals surface area contributed by atoms with Crippen LogP contribution in [-0.4, -0.2) is 18.6 Å². The zero-order chi connectivity index (χ0) is 11.5. The first-order valence-electron chi connectivity index (χ1n) is 5.43. The lowest BCUT2D eigenvalue weighted by molar-refractivity contribution is -0.122. The van der Waals surface area contributed by atoms with Crippen molar-refractivity contribution in [3.63, 3.8) is 0 Å². The van der Waals surface area contributed by atoms with Gasteiger partial charge in [0.25, 0.3) is 0 Å². The van der Waals surface area contributed by atoms with Gasteiger partial charge in [0.15, 0.2) is 0 Å². The third-order valence-corrected chi connectivity index (χ3v) is 2.54. The van der Waals surface area contributed by atoms with Gasteiger partial charge in [-0.3, -0.25) is 4.79 Å². The van der Waals surface area contributed by atoms with E-state index in [2.05, 4.69) is 5.32 Å². The van der Waals surface area contributed by atoms with Crippen LogP contribution in [0.4, 0.5) is 0 Å². The summed E-state index contributed by atoms with van der Waals surface area (Å²) in [5, 5.41) is 2.92. The molecule has 0 aromatic heterocycles. The quantitative estimate of drug-likeness (QED) is 0.859. The van der Waals surface area contributed by atoms with Gasteiger partial charge in [-0.05, 0) is 13.0 Å². The molecule has 2 atom stereocenters. The van der Waals surface area contributed by atoms with E-state index in [1.165, 1.54) is 0 Å². The summed E-state index contributed by atoms with van der Waals surface area (Å²) in [6.07, 6.45) is 0.346. The summed E-state index contributed by atoms with van der Waals surface area (Å²) in [6.45, 7) is 2.32. The van der Waals surface area contributed by atoms with Crippen molar-refractivity contribution in [3.05, 3.63) is 29.8 Å². The second-order valence-corrected chi connectivity index (χ2v) is 4.15. The molecule has 0 aliphatic carbocycles. The van der Waals surface area contributed by atoms with Gasteiger partial charge in [0.05, 0.1) is 6.04 Å². The number of hydrogen-bond donors (Lipinski definition) is 2. The highest BCUT2D eigenvalue weighted by molar-refractivity contribution is 5.85. The average Bonchev–Trinajstić information content (AvgIpc) is 2.61. The average molecular weight is 257 g/mol. The Hall–Kier alpha value is -1.26. The Labute approximate surface area is 107 Å². The highest BCUT2D eigenvalue weighted by Crippen LogP contribution is 2.31. The van der Waals surface area contributed by atoms with Crippen LogP contribution in [0.25, 0.3) is 0 Å². The molecule has 2 unspecified atom stereocenters. The number of hydrogen-bond acceptors (Lipinski definition) is 3. The summed E-state index contributed by atoms with van der Waals surface area (Å²) in [6, 6.07) is 7.59. The lowest BCUT2D eigenvalue weighted by atomic mass is 10.1. The molecule has 1 heterocycles. The molecule has 17 heavy (non-hydrogen) atoms. The maximum atomic E-state index is 11.6. The van der Waals surface area contributed by atoms with Gasteiger partial charge >= 0.3 is 0 Å². The van der Waals surface area contributed by atoms with E-state index < -0.39 is 0 Å². The third kappa shape index (κ3) is 3.35. The molecule has 1 aromatic carbocycles. The largest absolute Gasteiger partial charge is 0.491 e. The van der Waals surface area contributed by atoms with Crippen LogP contribution < -0.4 is 15.8 Å². The van der Waals surface area contributed by atoms with Gasteiger partial charge in [0.1, 0.15) is 12.4 Å². The van der Waals surface area contributed by atoms with Gasteiger partial charge in [-0.1, -0.05) is 18.2 Å². The Balaban J connectivity index is 0.00000144. The SMILES string of the molecule is CC(N)CC(=O)NC1COc2ccccc21.Cl. The van der Waals surface area contributed by atoms with Crippen molar-refractivity contribution >= 4 is 18.3 Å². The van der Waals surface area contributed by atoms with Gasteiger partial charge in [0, 0.05) is 18.0 Å². The van der Waals surface area contributed by atoms with Crippen LogP contribution >= 0.6 is 12.4 Å². The van der Waals surface area contributed by atoms with Gasteiger partial charge in [-0.15, -0.1) is 12.4 Å². The second-order valence-electron chi connectivity index (χ2n) is 4.15. The lowest BCUT2D eigenvalue weighted by Crippen LogP contribution is -2.33. The summed E-state index contributed by atoms with van der Waals surface area (Å²) >= 11 is 0. The second kappa shape index (κ2) is 5.89. The number of carbonyl (C=O) groups is 1. The van der Waals surface area contributed by atoms with Crippen molar-refractivity contribution in [2.75, 3.05) is 6.61 Å². The summed E-state index contributed by atoms with van der Waals surface area (Å²) < 4.78 is 5.47. The van der Waals surface area contributed by atoms with Crippen molar-refractivity contribution in [3.8, 4) is 5.75 Å². The normalized spacial score (nSPS) is 18.6. The topological polar surface area (TPSA) is 64.4 Å². The van der Waals surface area contributed by atoms with Crippen molar-refractivity contribution in [2.24, 2.45) is 5.73 Å². The predicted molar refractivity (Wildman–Crippen MR) is 68.3 cm³/mol. The minimum Gasteiger partial charge on any atom is -0.491 e. The zero-order valence-electron chi connectivity index (χ0n) is 9.68. The van der Waals surface area contributed by atoms with E-state index in [4.69, 9.17) is 10.5 Å². The Kier molecular flexibility index (Phi) is 4.78. The molecule has 0 saturated heterocycles. The van der Waals surface area contributed by atoms with Crippen LogP contribution in [0.2, 0.25) is 0 Å². The number of rotatable bonds is 3. The molecule has 0 bridgehead atoms. The highest BCUT2D eigenvalue weighted by atomic mass is 35.5. The fraction of sp³-hybridized carbons (Fsp3) is 0.417. The van der Waals surface area contributed by atoms with E-state index in [0.717, 1.165) is 11.3 Å². The molecule has 1 aliphatic heterocycles. The van der Waals surface area contributed by atoms with E-state index in [-0.39, 0.29) is 30.4 Å². The van der Waals surface area contributed by atoms with E-state index in [1.54, 1.807) is 0 Å². The summed E-state index contributed by atoms with van der Waals surface area (Å²) in [5.74, 6) is 0.828. The maximum absolute atomic E-state index is 11.6. The van der Waals surface area contributed by atoms with E-state index in [0.29, 0.717) is 13.0 Å². The molecule has 5 heteroatoms. The number of para-hydroxylation sites is 1. The number of benzene rings is 1. The molecule has 0 spiro atoms. The Bertz CT molecular complexity index is 396. The molecule has 0 radical (unpaired) electrons. The fourth-order valence-electron chi connectivity index (χ4n) is 1.83. The van der Waals surface area contributed by atoms with Crippen molar-refractivity contribution in [2.45, 2.75) is 25.4 Å². The van der Waals surface area contributed by atoms with Gasteiger partial charge in [-0.2, -0.15) is 0 Å². The summed E-state index contributed by atoms with van der Waals surface area (Å²) in [7, 11) is 0.